The molecule has 0 aliphatic carbocycles. The third kappa shape index (κ3) is 2.80. The van der Waals surface area contributed by atoms with E-state index in [0.717, 1.165) is 0 Å². The van der Waals surface area contributed by atoms with E-state index in [9.17, 15) is 9.18 Å². The number of hydrogen-bond donors (Lipinski definition) is 2. The topological polar surface area (TPSA) is 81.1 Å². The average molecular weight is 297 g/mol. The zero-order valence-corrected chi connectivity index (χ0v) is 11.4. The van der Waals surface area contributed by atoms with Crippen LogP contribution in [-0.2, 0) is 0 Å². The summed E-state index contributed by atoms with van der Waals surface area (Å²) in [5, 5.41) is 2.61. The van der Waals surface area contributed by atoms with Crippen LogP contribution in [0.2, 0.25) is 0 Å². The fourth-order valence-electron chi connectivity index (χ4n) is 1.92. The first-order valence-electron chi connectivity index (χ1n) is 6.51. The molecule has 0 saturated carbocycles. The first-order valence-corrected chi connectivity index (χ1v) is 6.51. The maximum atomic E-state index is 12.8. The molecule has 0 aliphatic rings. The van der Waals surface area contributed by atoms with Crippen LogP contribution in [0.4, 0.5) is 15.8 Å². The number of nitrogens with one attached hydrogen (secondary N) is 1. The molecule has 0 spiro atoms. The number of nitrogens with two attached hydrogens (primary N) is 1. The molecule has 0 atom stereocenters. The maximum Gasteiger partial charge on any atom is 0.277 e. The van der Waals surface area contributed by atoms with E-state index in [1.807, 2.05) is 0 Å². The Kier molecular flexibility index (Phi) is 3.57. The molecule has 2 aromatic carbocycles. The monoisotopic (exact) mass is 297 g/mol. The number of nitrogens with zero attached hydrogens (tertiary/aromatic N) is 1. The van der Waals surface area contributed by atoms with Gasteiger partial charge < -0.3 is 15.5 Å². The molecule has 6 heteroatoms. The predicted molar refractivity (Wildman–Crippen MR) is 80.7 cm³/mol. The number of nitrogen functional groups attached to an aromatic ring is 1. The van der Waals surface area contributed by atoms with Crippen LogP contribution in [0.5, 0.6) is 0 Å². The smallest absolute Gasteiger partial charge is 0.277 e. The molecular weight excluding hydrogens is 285 g/mol. The van der Waals surface area contributed by atoms with E-state index >= 15 is 0 Å². The molecule has 0 fully saturated rings. The number of para-hydroxylation sites is 1. The summed E-state index contributed by atoms with van der Waals surface area (Å²) in [6.07, 6.45) is 1.25. The highest BCUT2D eigenvalue weighted by molar-refractivity contribution is 6.02. The Labute approximate surface area is 125 Å². The van der Waals surface area contributed by atoms with Crippen LogP contribution in [-0.4, -0.2) is 10.9 Å². The molecule has 1 aromatic heterocycles. The molecule has 1 heterocycles. The van der Waals surface area contributed by atoms with Crippen LogP contribution in [0.3, 0.4) is 0 Å². The lowest BCUT2D eigenvalue weighted by Gasteiger charge is -2.02. The van der Waals surface area contributed by atoms with E-state index in [4.69, 9.17) is 10.2 Å². The highest BCUT2D eigenvalue weighted by atomic mass is 19.1. The van der Waals surface area contributed by atoms with Gasteiger partial charge in [-0.25, -0.2) is 9.37 Å². The van der Waals surface area contributed by atoms with Crippen molar-refractivity contribution in [2.24, 2.45) is 0 Å². The first-order chi connectivity index (χ1) is 10.6. The molecular formula is C16H12FN3O2. The zero-order chi connectivity index (χ0) is 15.5. The summed E-state index contributed by atoms with van der Waals surface area (Å²) in [6, 6.07) is 12.5. The van der Waals surface area contributed by atoms with E-state index in [2.05, 4.69) is 10.3 Å². The lowest BCUT2D eigenvalue weighted by molar-refractivity contribution is 0.102. The van der Waals surface area contributed by atoms with Crippen LogP contribution < -0.4 is 11.1 Å². The highest BCUT2D eigenvalue weighted by Gasteiger charge is 2.15. The first kappa shape index (κ1) is 13.8. The largest absolute Gasteiger partial charge is 0.444 e. The van der Waals surface area contributed by atoms with Gasteiger partial charge in [-0.05, 0) is 36.4 Å². The Morgan fingerprint density at radius 1 is 1.14 bits per heavy atom. The van der Waals surface area contributed by atoms with Crippen LogP contribution >= 0.6 is 0 Å². The summed E-state index contributed by atoms with van der Waals surface area (Å²) in [5.41, 5.74) is 7.54. The Morgan fingerprint density at radius 3 is 2.59 bits per heavy atom. The molecule has 0 bridgehead atoms. The van der Waals surface area contributed by atoms with Gasteiger partial charge in [0.2, 0.25) is 5.89 Å². The molecule has 0 aliphatic heterocycles. The van der Waals surface area contributed by atoms with Crippen molar-refractivity contribution in [1.82, 2.24) is 4.98 Å². The molecule has 0 radical (unpaired) electrons. The molecule has 0 saturated heterocycles. The fraction of sp³-hybridized carbons (Fsp3) is 0. The zero-order valence-electron chi connectivity index (χ0n) is 11.4. The molecule has 3 N–H and O–H groups in total. The van der Waals surface area contributed by atoms with Gasteiger partial charge in [-0.15, -0.1) is 0 Å². The lowest BCUT2D eigenvalue weighted by Crippen LogP contribution is -2.12. The minimum Gasteiger partial charge on any atom is -0.444 e. The number of amides is 1. The predicted octanol–water partition coefficient (Wildman–Crippen LogP) is 3.32. The number of benzene rings is 2. The third-order valence-electron chi connectivity index (χ3n) is 3.03. The summed E-state index contributed by atoms with van der Waals surface area (Å²) in [7, 11) is 0. The molecule has 1 amide bonds. The number of oxazole rings is 1. The van der Waals surface area contributed by atoms with Gasteiger partial charge in [0.05, 0.1) is 5.56 Å². The van der Waals surface area contributed by atoms with Gasteiger partial charge in [-0.3, -0.25) is 4.79 Å². The van der Waals surface area contributed by atoms with E-state index in [1.54, 1.807) is 24.3 Å². The van der Waals surface area contributed by atoms with E-state index in [-0.39, 0.29) is 17.4 Å². The van der Waals surface area contributed by atoms with Crippen molar-refractivity contribution in [2.45, 2.75) is 0 Å². The lowest BCUT2D eigenvalue weighted by atomic mass is 10.2. The number of halogens is 1. The second-order valence-electron chi connectivity index (χ2n) is 4.59. The van der Waals surface area contributed by atoms with Crippen molar-refractivity contribution in [1.29, 1.82) is 0 Å². The maximum absolute atomic E-state index is 12.8. The van der Waals surface area contributed by atoms with E-state index < -0.39 is 5.91 Å². The Morgan fingerprint density at radius 2 is 1.86 bits per heavy atom. The van der Waals surface area contributed by atoms with Gasteiger partial charge in [0.1, 0.15) is 12.1 Å². The number of hydrogen-bond acceptors (Lipinski definition) is 4. The van der Waals surface area contributed by atoms with Gasteiger partial charge >= 0.3 is 0 Å². The standard InChI is InChI=1S/C16H12FN3O2/c17-10-5-7-11(8-6-10)19-15(21)14-9-22-16(20-14)12-3-1-2-4-13(12)18/h1-9H,18H2,(H,19,21). The molecule has 22 heavy (non-hydrogen) atoms. The normalized spacial score (nSPS) is 10.4. The second kappa shape index (κ2) is 5.69. The van der Waals surface area contributed by atoms with Crippen LogP contribution in [0.25, 0.3) is 11.5 Å². The van der Waals surface area contributed by atoms with Gasteiger partial charge in [0, 0.05) is 11.4 Å². The van der Waals surface area contributed by atoms with Gasteiger partial charge in [0.25, 0.3) is 5.91 Å². The molecule has 0 unspecified atom stereocenters. The second-order valence-corrected chi connectivity index (χ2v) is 4.59. The summed E-state index contributed by atoms with van der Waals surface area (Å²) >= 11 is 0. The van der Waals surface area contributed by atoms with Gasteiger partial charge in [-0.2, -0.15) is 0 Å². The summed E-state index contributed by atoms with van der Waals surface area (Å²) in [4.78, 5) is 16.2. The molecule has 110 valence electrons. The number of carbonyl (C=O) groups is 1. The Balaban J connectivity index is 1.80. The Bertz CT molecular complexity index is 812. The highest BCUT2D eigenvalue weighted by Crippen LogP contribution is 2.24. The number of carbonyl (C=O) groups excluding carboxylic acids is 1. The van der Waals surface area contributed by atoms with Gasteiger partial charge in [0.15, 0.2) is 5.69 Å². The van der Waals surface area contributed by atoms with Crippen molar-refractivity contribution in [3.8, 4) is 11.5 Å². The Hall–Kier alpha value is -3.15. The quantitative estimate of drug-likeness (QED) is 0.727. The molecule has 3 rings (SSSR count). The van der Waals surface area contributed by atoms with Crippen molar-refractivity contribution in [2.75, 3.05) is 11.1 Å². The van der Waals surface area contributed by atoms with Crippen molar-refractivity contribution < 1.29 is 13.6 Å². The average Bonchev–Trinajstić information content (AvgIpc) is 3.00. The third-order valence-corrected chi connectivity index (χ3v) is 3.03. The van der Waals surface area contributed by atoms with Crippen LogP contribution in [0, 0.1) is 5.82 Å². The number of anilines is 2. The SMILES string of the molecule is Nc1ccccc1-c1nc(C(=O)Nc2ccc(F)cc2)co1. The summed E-state index contributed by atoms with van der Waals surface area (Å²) < 4.78 is 18.1. The van der Waals surface area contributed by atoms with E-state index in [1.165, 1.54) is 30.5 Å². The summed E-state index contributed by atoms with van der Waals surface area (Å²) in [5.74, 6) is -0.556. The van der Waals surface area contributed by atoms with E-state index in [0.29, 0.717) is 16.9 Å². The van der Waals surface area contributed by atoms with Gasteiger partial charge in [-0.1, -0.05) is 12.1 Å². The molecule has 3 aromatic rings. The van der Waals surface area contributed by atoms with Crippen molar-refractivity contribution >= 4 is 17.3 Å². The van der Waals surface area contributed by atoms with Crippen LogP contribution in [0.1, 0.15) is 10.5 Å². The summed E-state index contributed by atoms with van der Waals surface area (Å²) in [6.45, 7) is 0. The van der Waals surface area contributed by atoms with Crippen molar-refractivity contribution in [3.63, 3.8) is 0 Å². The number of rotatable bonds is 3. The minimum atomic E-state index is -0.448. The minimum absolute atomic E-state index is 0.113. The molecule has 5 nitrogen and oxygen atoms in total. The number of aromatic nitrogens is 1. The van der Waals surface area contributed by atoms with Crippen molar-refractivity contribution in [3.05, 3.63) is 66.3 Å². The fourth-order valence-corrected chi connectivity index (χ4v) is 1.92. The van der Waals surface area contributed by atoms with Crippen LogP contribution in [0.15, 0.2) is 59.2 Å².